The van der Waals surface area contributed by atoms with E-state index in [0.29, 0.717) is 28.2 Å². The Balaban J connectivity index is 2.36. The lowest BCUT2D eigenvalue weighted by atomic mass is 9.93. The molecule has 28 heavy (non-hydrogen) atoms. The first-order valence-electron chi connectivity index (χ1n) is 8.12. The highest BCUT2D eigenvalue weighted by Gasteiger charge is 2.20. The van der Waals surface area contributed by atoms with Crippen molar-refractivity contribution in [2.24, 2.45) is 0 Å². The molecule has 0 saturated heterocycles. The van der Waals surface area contributed by atoms with Gasteiger partial charge in [0.05, 0.1) is 22.1 Å². The van der Waals surface area contributed by atoms with E-state index in [9.17, 15) is 24.6 Å². The second kappa shape index (κ2) is 6.51. The molecule has 0 aliphatic rings. The van der Waals surface area contributed by atoms with Crippen molar-refractivity contribution in [2.75, 3.05) is 0 Å². The minimum Gasteiger partial charge on any atom is -0.515 e. The maximum Gasteiger partial charge on any atom is 0.336 e. The number of carboxylic acid groups (broad SMARTS) is 1. The van der Waals surface area contributed by atoms with Crippen LogP contribution in [-0.4, -0.2) is 16.2 Å². The Kier molecular flexibility index (Phi) is 4.13. The predicted octanol–water partition coefficient (Wildman–Crippen LogP) is 3.34. The molecular formula is C21H11ClO6. The van der Waals surface area contributed by atoms with E-state index in [2.05, 4.69) is 0 Å². The highest BCUT2D eigenvalue weighted by atomic mass is 35.5. The van der Waals surface area contributed by atoms with Gasteiger partial charge in [-0.15, -0.1) is 0 Å². The average molecular weight is 395 g/mol. The van der Waals surface area contributed by atoms with Crippen LogP contribution >= 0.6 is 11.6 Å². The van der Waals surface area contributed by atoms with Gasteiger partial charge in [0.25, 0.3) is 0 Å². The van der Waals surface area contributed by atoms with Crippen molar-refractivity contribution in [3.63, 3.8) is 0 Å². The first kappa shape index (κ1) is 17.8. The van der Waals surface area contributed by atoms with Gasteiger partial charge in [0.1, 0.15) is 11.2 Å². The summed E-state index contributed by atoms with van der Waals surface area (Å²) in [6, 6.07) is 11.6. The van der Waals surface area contributed by atoms with E-state index in [1.54, 1.807) is 18.2 Å². The number of benzene rings is 3. The molecule has 3 aromatic carbocycles. The molecular weight excluding hydrogens is 384 g/mol. The number of rotatable bonds is 2. The monoisotopic (exact) mass is 394 g/mol. The second-order valence-electron chi connectivity index (χ2n) is 6.09. The van der Waals surface area contributed by atoms with Crippen LogP contribution in [0.15, 0.2) is 62.5 Å². The Morgan fingerprint density at radius 3 is 2.46 bits per heavy atom. The number of aliphatic hydroxyl groups is 1. The normalized spacial score (nSPS) is 12.0. The molecule has 0 fully saturated rings. The molecule has 2 N–H and O–H groups in total. The summed E-state index contributed by atoms with van der Waals surface area (Å²) in [5.74, 6) is -1.14. The molecule has 0 aliphatic heterocycles. The van der Waals surface area contributed by atoms with Crippen LogP contribution in [0, 0.1) is 0 Å². The minimum absolute atomic E-state index is 0.0272. The number of halogens is 1. The molecule has 4 aromatic rings. The van der Waals surface area contributed by atoms with Gasteiger partial charge in [0, 0.05) is 22.4 Å². The summed E-state index contributed by atoms with van der Waals surface area (Å²) in [5.41, 5.74) is 0.0104. The van der Waals surface area contributed by atoms with Crippen molar-refractivity contribution < 1.29 is 19.4 Å². The van der Waals surface area contributed by atoms with Gasteiger partial charge < -0.3 is 14.6 Å². The molecule has 0 spiro atoms. The van der Waals surface area contributed by atoms with Crippen molar-refractivity contribution in [3.8, 4) is 11.1 Å². The third-order valence-electron chi connectivity index (χ3n) is 4.50. The van der Waals surface area contributed by atoms with E-state index < -0.39 is 16.8 Å². The topological polar surface area (TPSA) is 105 Å². The molecule has 6 nitrogen and oxygen atoms in total. The van der Waals surface area contributed by atoms with Gasteiger partial charge in [-0.2, -0.15) is 0 Å². The SMILES string of the molecule is O=C(O)c1ccccc1-c1c2cc(Cl)c(=O)cc2oc2/c(=C/O)c(=O)ccc12. The maximum absolute atomic E-state index is 12.1. The van der Waals surface area contributed by atoms with Gasteiger partial charge in [0.2, 0.25) is 5.43 Å². The molecule has 1 aromatic heterocycles. The second-order valence-corrected chi connectivity index (χ2v) is 6.50. The largest absolute Gasteiger partial charge is 0.515 e. The third-order valence-corrected chi connectivity index (χ3v) is 4.79. The summed E-state index contributed by atoms with van der Waals surface area (Å²) in [6.07, 6.45) is 0.626. The molecule has 0 bridgehead atoms. The Bertz CT molecular complexity index is 1450. The first-order chi connectivity index (χ1) is 13.4. The standard InChI is InChI=1S/C21H11ClO6/c22-15-7-13-18(8-17(15)25)28-20-12(5-6-16(24)14(20)9-23)19(13)10-3-1-2-4-11(10)21(26)27/h1-9,23H,(H,26,27)/b14-9+. The van der Waals surface area contributed by atoms with Crippen molar-refractivity contribution in [1.82, 2.24) is 0 Å². The number of hydrogen-bond donors (Lipinski definition) is 2. The fourth-order valence-corrected chi connectivity index (χ4v) is 3.42. The number of aromatic carboxylic acids is 1. The Labute approximate surface area is 161 Å². The molecule has 0 aliphatic carbocycles. The van der Waals surface area contributed by atoms with Crippen LogP contribution in [0.2, 0.25) is 5.02 Å². The van der Waals surface area contributed by atoms with Gasteiger partial charge in [-0.05, 0) is 29.8 Å². The molecule has 0 amide bonds. The molecule has 0 saturated carbocycles. The predicted molar refractivity (Wildman–Crippen MR) is 106 cm³/mol. The van der Waals surface area contributed by atoms with Crippen LogP contribution in [0.4, 0.5) is 0 Å². The van der Waals surface area contributed by atoms with Crippen LogP contribution in [0.1, 0.15) is 10.4 Å². The summed E-state index contributed by atoms with van der Waals surface area (Å²) in [5, 5.41) is 19.8. The van der Waals surface area contributed by atoms with Crippen molar-refractivity contribution in [1.29, 1.82) is 0 Å². The van der Waals surface area contributed by atoms with E-state index in [1.165, 1.54) is 30.3 Å². The van der Waals surface area contributed by atoms with Crippen molar-refractivity contribution >= 4 is 45.8 Å². The average Bonchev–Trinajstić information content (AvgIpc) is 2.67. The maximum atomic E-state index is 12.1. The number of carboxylic acids is 1. The zero-order valence-corrected chi connectivity index (χ0v) is 14.9. The van der Waals surface area contributed by atoms with E-state index in [0.717, 1.165) is 0 Å². The van der Waals surface area contributed by atoms with Crippen molar-refractivity contribution in [2.45, 2.75) is 0 Å². The summed E-state index contributed by atoms with van der Waals surface area (Å²) in [7, 11) is 0. The van der Waals surface area contributed by atoms with Crippen LogP contribution in [0.25, 0.3) is 39.3 Å². The molecule has 138 valence electrons. The highest BCUT2D eigenvalue weighted by Crippen LogP contribution is 2.37. The van der Waals surface area contributed by atoms with Gasteiger partial charge in [-0.1, -0.05) is 29.8 Å². The lowest BCUT2D eigenvalue weighted by molar-refractivity contribution is 0.0697. The summed E-state index contributed by atoms with van der Waals surface area (Å²) >= 11 is 6.02. The van der Waals surface area contributed by atoms with Gasteiger partial charge in [-0.25, -0.2) is 4.79 Å². The van der Waals surface area contributed by atoms with Gasteiger partial charge >= 0.3 is 5.97 Å². The number of fused-ring (bicyclic) bond motifs is 2. The molecule has 1 heterocycles. The lowest BCUT2D eigenvalue weighted by Crippen LogP contribution is -2.24. The fourth-order valence-electron chi connectivity index (χ4n) is 3.26. The van der Waals surface area contributed by atoms with Crippen molar-refractivity contribution in [3.05, 3.63) is 84.8 Å². The first-order valence-corrected chi connectivity index (χ1v) is 8.50. The van der Waals surface area contributed by atoms with Crippen LogP contribution in [0.5, 0.6) is 0 Å². The van der Waals surface area contributed by atoms with E-state index in [1.807, 2.05) is 0 Å². The summed E-state index contributed by atoms with van der Waals surface area (Å²) in [4.78, 5) is 35.9. The van der Waals surface area contributed by atoms with E-state index in [-0.39, 0.29) is 27.0 Å². The van der Waals surface area contributed by atoms with E-state index in [4.69, 9.17) is 16.0 Å². The number of aliphatic hydroxyl groups excluding tert-OH is 1. The van der Waals surface area contributed by atoms with Crippen LogP contribution in [0.3, 0.4) is 0 Å². The van der Waals surface area contributed by atoms with Crippen LogP contribution in [-0.2, 0) is 0 Å². The zero-order chi connectivity index (χ0) is 20.0. The molecule has 7 heteroatoms. The molecule has 0 atom stereocenters. The zero-order valence-electron chi connectivity index (χ0n) is 14.1. The Morgan fingerprint density at radius 2 is 1.75 bits per heavy atom. The third kappa shape index (κ3) is 2.62. The fraction of sp³-hybridized carbons (Fsp3) is 0. The number of carbonyl (C=O) groups is 1. The van der Waals surface area contributed by atoms with Gasteiger partial charge in [-0.3, -0.25) is 9.59 Å². The minimum atomic E-state index is -1.14. The molecule has 0 unspecified atom stereocenters. The lowest BCUT2D eigenvalue weighted by Gasteiger charge is -2.13. The quantitative estimate of drug-likeness (QED) is 0.505. The smallest absolute Gasteiger partial charge is 0.336 e. The summed E-state index contributed by atoms with van der Waals surface area (Å²) < 4.78 is 5.75. The van der Waals surface area contributed by atoms with Crippen LogP contribution < -0.4 is 16.1 Å². The summed E-state index contributed by atoms with van der Waals surface area (Å²) in [6.45, 7) is 0. The van der Waals surface area contributed by atoms with E-state index >= 15 is 0 Å². The van der Waals surface area contributed by atoms with Gasteiger partial charge in [0.15, 0.2) is 5.43 Å². The number of hydrogen-bond acceptors (Lipinski definition) is 5. The molecule has 0 radical (unpaired) electrons. The Morgan fingerprint density at radius 1 is 1.00 bits per heavy atom. The highest BCUT2D eigenvalue weighted by molar-refractivity contribution is 6.31. The molecule has 4 rings (SSSR count). The Hall–Kier alpha value is -3.64.